The maximum absolute atomic E-state index is 13.3. The highest BCUT2D eigenvalue weighted by Gasteiger charge is 2.14. The van der Waals surface area contributed by atoms with Gasteiger partial charge in [0.05, 0.1) is 16.9 Å². The molecule has 0 aliphatic rings. The number of anilines is 1. The molecule has 0 unspecified atom stereocenters. The minimum atomic E-state index is -0.557. The number of nitrogens with one attached hydrogen (secondary N) is 1. The van der Waals surface area contributed by atoms with Crippen LogP contribution in [0.1, 0.15) is 28.5 Å². The molecule has 0 bridgehead atoms. The third-order valence-corrected chi connectivity index (χ3v) is 3.75. The average molecular weight is 355 g/mol. The second-order valence-corrected chi connectivity index (χ2v) is 5.52. The number of nitrogens with two attached hydrogens (primary N) is 1. The molecule has 0 radical (unpaired) electrons. The van der Waals surface area contributed by atoms with E-state index in [1.165, 1.54) is 12.1 Å². The van der Waals surface area contributed by atoms with Crippen LogP contribution in [0.15, 0.2) is 22.8 Å². The predicted octanol–water partition coefficient (Wildman–Crippen LogP) is 2.40. The van der Waals surface area contributed by atoms with Gasteiger partial charge in [0.15, 0.2) is 0 Å². The lowest BCUT2D eigenvalue weighted by molar-refractivity contribution is 0.0950. The smallest absolute Gasteiger partial charge is 0.252 e. The second kappa shape index (κ2) is 6.26. The fourth-order valence-electron chi connectivity index (χ4n) is 2.04. The number of benzene rings is 1. The summed E-state index contributed by atoms with van der Waals surface area (Å²) in [6, 6.07) is 2.50. The first kappa shape index (κ1) is 15.5. The molecule has 0 atom stereocenters. The maximum atomic E-state index is 13.3. The summed E-state index contributed by atoms with van der Waals surface area (Å²) in [6.45, 7) is 2.37. The summed E-state index contributed by atoms with van der Waals surface area (Å²) in [4.78, 5) is 12.2. The van der Waals surface area contributed by atoms with Crippen molar-refractivity contribution in [3.63, 3.8) is 0 Å². The Hall–Kier alpha value is -1.89. The first-order valence-corrected chi connectivity index (χ1v) is 7.25. The second-order valence-electron chi connectivity index (χ2n) is 4.66. The van der Waals surface area contributed by atoms with E-state index >= 15 is 0 Å². The van der Waals surface area contributed by atoms with Gasteiger partial charge in [0, 0.05) is 29.8 Å². The molecule has 0 fully saturated rings. The molecule has 3 N–H and O–H groups in total. The lowest BCUT2D eigenvalue weighted by Crippen LogP contribution is -2.23. The zero-order valence-corrected chi connectivity index (χ0v) is 13.4. The molecule has 0 aliphatic carbocycles. The number of carbonyl (C=O) groups is 1. The van der Waals surface area contributed by atoms with Crippen LogP contribution >= 0.6 is 15.9 Å². The topological polar surface area (TPSA) is 72.9 Å². The van der Waals surface area contributed by atoms with Gasteiger partial charge in [0.25, 0.3) is 5.91 Å². The molecular formula is C14H16BrFN4O. The van der Waals surface area contributed by atoms with E-state index in [1.807, 2.05) is 20.2 Å². The predicted molar refractivity (Wildman–Crippen MR) is 82.3 cm³/mol. The van der Waals surface area contributed by atoms with Crippen LogP contribution < -0.4 is 11.1 Å². The molecule has 1 aromatic carbocycles. The molecule has 21 heavy (non-hydrogen) atoms. The largest absolute Gasteiger partial charge is 0.396 e. The van der Waals surface area contributed by atoms with Gasteiger partial charge in [0.2, 0.25) is 0 Å². The van der Waals surface area contributed by atoms with Crippen molar-refractivity contribution in [3.8, 4) is 0 Å². The summed E-state index contributed by atoms with van der Waals surface area (Å²) in [5, 5.41) is 7.10. The molecule has 1 aromatic heterocycles. The summed E-state index contributed by atoms with van der Waals surface area (Å²) in [6.07, 6.45) is 2.66. The molecule has 0 saturated carbocycles. The van der Waals surface area contributed by atoms with E-state index in [-0.39, 0.29) is 11.6 Å². The van der Waals surface area contributed by atoms with Gasteiger partial charge >= 0.3 is 0 Å². The van der Waals surface area contributed by atoms with Crippen molar-refractivity contribution in [2.75, 3.05) is 5.73 Å². The number of aromatic nitrogens is 2. The Balaban J connectivity index is 2.13. The number of hydrogen-bond donors (Lipinski definition) is 2. The fourth-order valence-corrected chi connectivity index (χ4v) is 2.53. The van der Waals surface area contributed by atoms with Crippen molar-refractivity contribution in [1.82, 2.24) is 15.1 Å². The molecule has 2 rings (SSSR count). The summed E-state index contributed by atoms with van der Waals surface area (Å²) >= 11 is 3.17. The molecule has 0 aliphatic heterocycles. The highest BCUT2D eigenvalue weighted by atomic mass is 79.9. The van der Waals surface area contributed by atoms with Gasteiger partial charge < -0.3 is 11.1 Å². The van der Waals surface area contributed by atoms with Crippen LogP contribution in [-0.2, 0) is 20.0 Å². The lowest BCUT2D eigenvalue weighted by atomic mass is 10.1. The minimum absolute atomic E-state index is 0.0565. The van der Waals surface area contributed by atoms with Gasteiger partial charge in [-0.3, -0.25) is 9.48 Å². The number of halogens is 2. The van der Waals surface area contributed by atoms with Crippen molar-refractivity contribution in [2.24, 2.45) is 7.05 Å². The highest BCUT2D eigenvalue weighted by molar-refractivity contribution is 9.10. The first-order chi connectivity index (χ1) is 9.92. The summed E-state index contributed by atoms with van der Waals surface area (Å²) < 4.78 is 15.4. The summed E-state index contributed by atoms with van der Waals surface area (Å²) in [5.41, 5.74) is 7.64. The molecule has 112 valence electrons. The zero-order valence-electron chi connectivity index (χ0n) is 11.8. The van der Waals surface area contributed by atoms with Crippen molar-refractivity contribution < 1.29 is 9.18 Å². The molecule has 7 heteroatoms. The van der Waals surface area contributed by atoms with Crippen LogP contribution in [0.3, 0.4) is 0 Å². The van der Waals surface area contributed by atoms with E-state index in [1.54, 1.807) is 4.68 Å². The Morgan fingerprint density at radius 1 is 1.52 bits per heavy atom. The molecule has 0 saturated heterocycles. The number of hydrogen-bond acceptors (Lipinski definition) is 3. The van der Waals surface area contributed by atoms with Gasteiger partial charge in [0.1, 0.15) is 5.82 Å². The number of nitrogens with zero attached hydrogens (tertiary/aromatic N) is 2. The molecule has 2 aromatic rings. The summed E-state index contributed by atoms with van der Waals surface area (Å²) in [5.74, 6) is -0.876. The van der Waals surface area contributed by atoms with Crippen molar-refractivity contribution >= 4 is 27.5 Å². The Morgan fingerprint density at radius 2 is 2.24 bits per heavy atom. The molecule has 0 spiro atoms. The molecular weight excluding hydrogens is 339 g/mol. The number of aryl methyl sites for hydroxylation is 2. The SMILES string of the molecule is CCc1nn(C)cc1CNC(=O)c1cc(N)c(F)cc1Br. The van der Waals surface area contributed by atoms with Gasteiger partial charge in [-0.05, 0) is 34.5 Å². The Bertz CT molecular complexity index is 684. The third kappa shape index (κ3) is 3.41. The van der Waals surface area contributed by atoms with E-state index < -0.39 is 5.82 Å². The maximum Gasteiger partial charge on any atom is 0.252 e. The van der Waals surface area contributed by atoms with Crippen molar-refractivity contribution in [2.45, 2.75) is 19.9 Å². The highest BCUT2D eigenvalue weighted by Crippen LogP contribution is 2.22. The van der Waals surface area contributed by atoms with E-state index in [0.717, 1.165) is 17.7 Å². The Labute approximate surface area is 130 Å². The van der Waals surface area contributed by atoms with Crippen LogP contribution in [-0.4, -0.2) is 15.7 Å². The number of rotatable bonds is 4. The summed E-state index contributed by atoms with van der Waals surface area (Å²) in [7, 11) is 1.84. The van der Waals surface area contributed by atoms with E-state index in [0.29, 0.717) is 16.6 Å². The first-order valence-electron chi connectivity index (χ1n) is 6.46. The molecule has 5 nitrogen and oxygen atoms in total. The average Bonchev–Trinajstić information content (AvgIpc) is 2.80. The standard InChI is InChI=1S/C14H16BrFN4O/c1-3-13-8(7-20(2)19-13)6-18-14(21)9-4-12(17)11(16)5-10(9)15/h4-5,7H,3,6,17H2,1-2H3,(H,18,21). The Kier molecular flexibility index (Phi) is 4.62. The van der Waals surface area contributed by atoms with Crippen LogP contribution in [0, 0.1) is 5.82 Å². The normalized spacial score (nSPS) is 10.7. The van der Waals surface area contributed by atoms with Crippen molar-refractivity contribution in [1.29, 1.82) is 0 Å². The zero-order chi connectivity index (χ0) is 15.6. The van der Waals surface area contributed by atoms with Crippen LogP contribution in [0.2, 0.25) is 0 Å². The fraction of sp³-hybridized carbons (Fsp3) is 0.286. The lowest BCUT2D eigenvalue weighted by Gasteiger charge is -2.08. The van der Waals surface area contributed by atoms with Gasteiger partial charge in [-0.1, -0.05) is 6.92 Å². The molecule has 1 amide bonds. The minimum Gasteiger partial charge on any atom is -0.396 e. The van der Waals surface area contributed by atoms with Crippen LogP contribution in [0.25, 0.3) is 0 Å². The van der Waals surface area contributed by atoms with Gasteiger partial charge in [-0.25, -0.2) is 4.39 Å². The molecule has 1 heterocycles. The monoisotopic (exact) mass is 354 g/mol. The van der Waals surface area contributed by atoms with Crippen molar-refractivity contribution in [3.05, 3.63) is 45.4 Å². The van der Waals surface area contributed by atoms with Gasteiger partial charge in [-0.15, -0.1) is 0 Å². The number of amides is 1. The number of nitrogen functional groups attached to an aromatic ring is 1. The third-order valence-electron chi connectivity index (χ3n) is 3.10. The van der Waals surface area contributed by atoms with E-state index in [2.05, 4.69) is 26.3 Å². The quantitative estimate of drug-likeness (QED) is 0.828. The van der Waals surface area contributed by atoms with E-state index in [9.17, 15) is 9.18 Å². The van der Waals surface area contributed by atoms with E-state index in [4.69, 9.17) is 5.73 Å². The van der Waals surface area contributed by atoms with Crippen LogP contribution in [0.5, 0.6) is 0 Å². The van der Waals surface area contributed by atoms with Crippen LogP contribution in [0.4, 0.5) is 10.1 Å². The Morgan fingerprint density at radius 3 is 2.90 bits per heavy atom. The van der Waals surface area contributed by atoms with Gasteiger partial charge in [-0.2, -0.15) is 5.10 Å². The number of carbonyl (C=O) groups excluding carboxylic acids is 1.